The average molecular weight is 245 g/mol. The van der Waals surface area contributed by atoms with E-state index in [4.69, 9.17) is 4.98 Å². The first kappa shape index (κ1) is 10.9. The molecule has 0 amide bonds. The van der Waals surface area contributed by atoms with Crippen molar-refractivity contribution in [1.82, 2.24) is 4.98 Å². The summed E-state index contributed by atoms with van der Waals surface area (Å²) in [5, 5.41) is 10.4. The summed E-state index contributed by atoms with van der Waals surface area (Å²) in [6.07, 6.45) is 2.45. The fourth-order valence-corrected chi connectivity index (χ4v) is 2.98. The van der Waals surface area contributed by atoms with E-state index in [2.05, 4.69) is 31.2 Å². The third-order valence-corrected chi connectivity index (χ3v) is 4.24. The molecule has 1 aromatic carbocycles. The number of aliphatic hydroxyl groups excluding tert-OH is 1. The van der Waals surface area contributed by atoms with Crippen LogP contribution in [-0.2, 0) is 6.61 Å². The molecule has 3 rings (SSSR count). The van der Waals surface area contributed by atoms with E-state index in [9.17, 15) is 5.11 Å². The minimum atomic E-state index is 0.120. The van der Waals surface area contributed by atoms with Gasteiger partial charge in [-0.25, -0.2) is 4.98 Å². The Bertz CT molecular complexity index is 526. The van der Waals surface area contributed by atoms with Crippen LogP contribution in [0, 0.1) is 6.92 Å². The predicted octanol–water partition coefficient (Wildman–Crippen LogP) is 3.49. The number of nitrogens with zero attached hydrogens (tertiary/aromatic N) is 1. The van der Waals surface area contributed by atoms with Gasteiger partial charge in [0.15, 0.2) is 0 Å². The van der Waals surface area contributed by atoms with Gasteiger partial charge in [0.05, 0.1) is 17.2 Å². The number of aromatic nitrogens is 1. The maximum Gasteiger partial charge on any atom is 0.123 e. The van der Waals surface area contributed by atoms with E-state index in [1.54, 1.807) is 11.3 Å². The Kier molecular flexibility index (Phi) is 2.73. The van der Waals surface area contributed by atoms with E-state index >= 15 is 0 Å². The maximum atomic E-state index is 9.37. The molecule has 2 nitrogen and oxygen atoms in total. The number of aliphatic hydroxyl groups is 1. The van der Waals surface area contributed by atoms with E-state index in [1.165, 1.54) is 18.4 Å². The van der Waals surface area contributed by atoms with Gasteiger partial charge in [-0.05, 0) is 19.8 Å². The number of benzene rings is 1. The number of hydrogen-bond donors (Lipinski definition) is 1. The van der Waals surface area contributed by atoms with Crippen LogP contribution in [0.5, 0.6) is 0 Å². The Labute approximate surface area is 105 Å². The molecule has 0 unspecified atom stereocenters. The molecule has 88 valence electrons. The lowest BCUT2D eigenvalue weighted by molar-refractivity contribution is 0.284. The van der Waals surface area contributed by atoms with Crippen molar-refractivity contribution in [2.45, 2.75) is 32.3 Å². The number of aryl methyl sites for hydroxylation is 1. The van der Waals surface area contributed by atoms with Crippen LogP contribution in [0.15, 0.2) is 24.3 Å². The number of thiazole rings is 1. The van der Waals surface area contributed by atoms with Gasteiger partial charge < -0.3 is 5.11 Å². The monoisotopic (exact) mass is 245 g/mol. The first-order valence-electron chi connectivity index (χ1n) is 5.95. The minimum Gasteiger partial charge on any atom is -0.391 e. The van der Waals surface area contributed by atoms with Crippen LogP contribution >= 0.6 is 11.3 Å². The van der Waals surface area contributed by atoms with E-state index in [0.29, 0.717) is 5.92 Å². The molecule has 1 heterocycles. The van der Waals surface area contributed by atoms with E-state index < -0.39 is 0 Å². The maximum absolute atomic E-state index is 9.37. The Morgan fingerprint density at radius 2 is 2.00 bits per heavy atom. The Balaban J connectivity index is 2.00. The molecule has 0 bridgehead atoms. The van der Waals surface area contributed by atoms with Gasteiger partial charge in [-0.15, -0.1) is 11.3 Å². The summed E-state index contributed by atoms with van der Waals surface area (Å²) >= 11 is 1.63. The topological polar surface area (TPSA) is 33.1 Å². The quantitative estimate of drug-likeness (QED) is 0.898. The largest absolute Gasteiger partial charge is 0.391 e. The summed E-state index contributed by atoms with van der Waals surface area (Å²) < 4.78 is 0. The molecule has 1 N–H and O–H groups in total. The highest BCUT2D eigenvalue weighted by Crippen LogP contribution is 2.44. The summed E-state index contributed by atoms with van der Waals surface area (Å²) in [5.74, 6) is 0.604. The van der Waals surface area contributed by atoms with Gasteiger partial charge in [0.25, 0.3) is 0 Å². The smallest absolute Gasteiger partial charge is 0.123 e. The summed E-state index contributed by atoms with van der Waals surface area (Å²) in [6, 6.07) is 8.41. The van der Waals surface area contributed by atoms with E-state index in [-0.39, 0.29) is 6.61 Å². The van der Waals surface area contributed by atoms with Gasteiger partial charge in [-0.1, -0.05) is 29.8 Å². The lowest BCUT2D eigenvalue weighted by Gasteiger charge is -1.96. The highest BCUT2D eigenvalue weighted by Gasteiger charge is 2.29. The Morgan fingerprint density at radius 1 is 1.29 bits per heavy atom. The van der Waals surface area contributed by atoms with Crippen molar-refractivity contribution >= 4 is 11.3 Å². The summed E-state index contributed by atoms with van der Waals surface area (Å²) in [4.78, 5) is 5.75. The molecule has 0 radical (unpaired) electrons. The normalized spacial score (nSPS) is 15.2. The zero-order valence-electron chi connectivity index (χ0n) is 9.81. The second-order valence-electron chi connectivity index (χ2n) is 4.63. The van der Waals surface area contributed by atoms with Crippen LogP contribution in [0.1, 0.15) is 34.9 Å². The van der Waals surface area contributed by atoms with Crippen molar-refractivity contribution in [1.29, 1.82) is 0 Å². The van der Waals surface area contributed by atoms with Crippen molar-refractivity contribution in [3.8, 4) is 10.6 Å². The Morgan fingerprint density at radius 3 is 2.59 bits per heavy atom. The van der Waals surface area contributed by atoms with Gasteiger partial charge in [0.2, 0.25) is 0 Å². The SMILES string of the molecule is Cc1ccc(-c2nc(C3CC3)c(CO)s2)cc1. The first-order chi connectivity index (χ1) is 8.28. The lowest BCUT2D eigenvalue weighted by Crippen LogP contribution is -1.87. The minimum absolute atomic E-state index is 0.120. The van der Waals surface area contributed by atoms with Gasteiger partial charge in [0, 0.05) is 11.5 Å². The second kappa shape index (κ2) is 4.24. The molecular formula is C14H15NOS. The molecule has 1 fully saturated rings. The molecular weight excluding hydrogens is 230 g/mol. The third kappa shape index (κ3) is 2.13. The average Bonchev–Trinajstić information content (AvgIpc) is 3.10. The standard InChI is InChI=1S/C14H15NOS/c1-9-2-4-11(5-3-9)14-15-13(10-6-7-10)12(8-16)17-14/h2-5,10,16H,6-8H2,1H3. The highest BCUT2D eigenvalue weighted by atomic mass is 32.1. The number of hydrogen-bond acceptors (Lipinski definition) is 3. The molecule has 1 aromatic heterocycles. The lowest BCUT2D eigenvalue weighted by atomic mass is 10.1. The van der Waals surface area contributed by atoms with Crippen LogP contribution in [0.25, 0.3) is 10.6 Å². The third-order valence-electron chi connectivity index (χ3n) is 3.13. The van der Waals surface area contributed by atoms with Crippen molar-refractivity contribution in [3.05, 3.63) is 40.4 Å². The zero-order valence-corrected chi connectivity index (χ0v) is 10.6. The Hall–Kier alpha value is -1.19. The van der Waals surface area contributed by atoms with Crippen molar-refractivity contribution in [3.63, 3.8) is 0 Å². The molecule has 0 atom stereocenters. The van der Waals surface area contributed by atoms with Crippen molar-refractivity contribution in [2.75, 3.05) is 0 Å². The predicted molar refractivity (Wildman–Crippen MR) is 70.2 cm³/mol. The van der Waals surface area contributed by atoms with Crippen molar-refractivity contribution < 1.29 is 5.11 Å². The van der Waals surface area contributed by atoms with Crippen LogP contribution in [0.3, 0.4) is 0 Å². The molecule has 0 aliphatic heterocycles. The molecule has 1 aliphatic rings. The van der Waals surface area contributed by atoms with Gasteiger partial charge in [-0.2, -0.15) is 0 Å². The van der Waals surface area contributed by atoms with E-state index in [0.717, 1.165) is 21.1 Å². The number of rotatable bonds is 3. The van der Waals surface area contributed by atoms with Crippen LogP contribution in [-0.4, -0.2) is 10.1 Å². The zero-order chi connectivity index (χ0) is 11.8. The van der Waals surface area contributed by atoms with Crippen molar-refractivity contribution in [2.24, 2.45) is 0 Å². The van der Waals surface area contributed by atoms with Gasteiger partial charge in [0.1, 0.15) is 5.01 Å². The van der Waals surface area contributed by atoms with Crippen LogP contribution < -0.4 is 0 Å². The fourth-order valence-electron chi connectivity index (χ4n) is 1.97. The highest BCUT2D eigenvalue weighted by molar-refractivity contribution is 7.15. The summed E-state index contributed by atoms with van der Waals surface area (Å²) in [6.45, 7) is 2.20. The van der Waals surface area contributed by atoms with Crippen LogP contribution in [0.4, 0.5) is 0 Å². The molecule has 2 aromatic rings. The molecule has 3 heteroatoms. The second-order valence-corrected chi connectivity index (χ2v) is 5.71. The fraction of sp³-hybridized carbons (Fsp3) is 0.357. The van der Waals surface area contributed by atoms with E-state index in [1.807, 2.05) is 0 Å². The van der Waals surface area contributed by atoms with Gasteiger partial charge >= 0.3 is 0 Å². The molecule has 0 saturated heterocycles. The molecule has 1 saturated carbocycles. The first-order valence-corrected chi connectivity index (χ1v) is 6.77. The molecule has 0 spiro atoms. The summed E-state index contributed by atoms with van der Waals surface area (Å²) in [7, 11) is 0. The van der Waals surface area contributed by atoms with Crippen LogP contribution in [0.2, 0.25) is 0 Å². The molecule has 17 heavy (non-hydrogen) atoms. The molecule has 1 aliphatic carbocycles. The van der Waals surface area contributed by atoms with Gasteiger partial charge in [-0.3, -0.25) is 0 Å². The summed E-state index contributed by atoms with van der Waals surface area (Å²) in [5.41, 5.74) is 3.55.